The lowest BCUT2D eigenvalue weighted by molar-refractivity contribution is -0.268. The van der Waals surface area contributed by atoms with E-state index in [2.05, 4.69) is 80.0 Å². The molecular weight excluding hydrogens is 632 g/mol. The molecule has 0 radical (unpaired) electrons. The van der Waals surface area contributed by atoms with E-state index in [-0.39, 0.29) is 30.5 Å². The van der Waals surface area contributed by atoms with Gasteiger partial charge in [-0.2, -0.15) is 0 Å². The first-order valence-corrected chi connectivity index (χ1v) is 18.5. The lowest BCUT2D eigenvalue weighted by Crippen LogP contribution is -2.58. The molecule has 0 N–H and O–H groups in total. The average molecular weight is 690 g/mol. The van der Waals surface area contributed by atoms with Crippen LogP contribution in [0.25, 0.3) is 0 Å². The lowest BCUT2D eigenvalue weighted by atomic mass is 9.89. The van der Waals surface area contributed by atoms with E-state index in [1.165, 1.54) is 16.7 Å². The van der Waals surface area contributed by atoms with Gasteiger partial charge < -0.3 is 28.4 Å². The van der Waals surface area contributed by atoms with Crippen LogP contribution in [-0.2, 0) is 36.5 Å². The number of fused-ring (bicyclic) bond motifs is 1. The maximum Gasteiger partial charge on any atom is 0.122 e. The Labute approximate surface area is 281 Å². The molecule has 1 saturated heterocycles. The molecule has 0 aromatic heterocycles. The third-order valence-electron chi connectivity index (χ3n) is 8.75. The molecule has 2 aliphatic heterocycles. The Hall–Kier alpha value is -1.48. The zero-order chi connectivity index (χ0) is 31.9. The molecule has 2 aromatic carbocycles. The normalized spacial score (nSPS) is 23.1. The molecule has 2 heterocycles. The predicted octanol–water partition coefficient (Wildman–Crippen LogP) is 9.18. The van der Waals surface area contributed by atoms with Crippen LogP contribution >= 0.6 is 15.9 Å². The summed E-state index contributed by atoms with van der Waals surface area (Å²) in [6.07, 6.45) is 9.92. The van der Waals surface area contributed by atoms with Crippen molar-refractivity contribution < 1.29 is 28.4 Å². The summed E-state index contributed by atoms with van der Waals surface area (Å²) in [6.45, 7) is 12.8. The van der Waals surface area contributed by atoms with Crippen LogP contribution in [0.3, 0.4) is 0 Å². The third-order valence-corrected chi connectivity index (χ3v) is 9.52. The number of rotatable bonds is 20. The summed E-state index contributed by atoms with van der Waals surface area (Å²) in [4.78, 5) is 0. The predicted molar refractivity (Wildman–Crippen MR) is 184 cm³/mol. The van der Waals surface area contributed by atoms with Crippen molar-refractivity contribution in [1.29, 1.82) is 0 Å². The molecular formula is C38H57BrO6. The molecule has 0 aliphatic carbocycles. The molecule has 4 rings (SSSR count). The summed E-state index contributed by atoms with van der Waals surface area (Å²) in [5.41, 5.74) is 4.91. The van der Waals surface area contributed by atoms with Gasteiger partial charge in [0.2, 0.25) is 0 Å². The van der Waals surface area contributed by atoms with Crippen molar-refractivity contribution in [3.05, 3.63) is 63.1 Å². The van der Waals surface area contributed by atoms with Crippen LogP contribution in [0.2, 0.25) is 0 Å². The zero-order valence-electron chi connectivity index (χ0n) is 28.2. The minimum absolute atomic E-state index is 0.253. The Bertz CT molecular complexity index is 1130. The van der Waals surface area contributed by atoms with Crippen LogP contribution < -0.4 is 4.74 Å². The van der Waals surface area contributed by atoms with Gasteiger partial charge in [0.25, 0.3) is 0 Å². The Balaban J connectivity index is 1.66. The molecule has 1 fully saturated rings. The van der Waals surface area contributed by atoms with Crippen molar-refractivity contribution in [2.45, 2.75) is 129 Å². The van der Waals surface area contributed by atoms with Crippen LogP contribution in [-0.4, -0.2) is 64.1 Å². The summed E-state index contributed by atoms with van der Waals surface area (Å²) >= 11 is 3.85. The van der Waals surface area contributed by atoms with Crippen LogP contribution in [0.4, 0.5) is 0 Å². The summed E-state index contributed by atoms with van der Waals surface area (Å²) in [5, 5.41) is 0. The van der Waals surface area contributed by atoms with Gasteiger partial charge in [-0.3, -0.25) is 0 Å². The monoisotopic (exact) mass is 688 g/mol. The molecule has 0 spiro atoms. The van der Waals surface area contributed by atoms with Crippen molar-refractivity contribution in [3.63, 3.8) is 0 Å². The number of hydrogen-bond donors (Lipinski definition) is 0. The van der Waals surface area contributed by atoms with Gasteiger partial charge in [-0.05, 0) is 79.3 Å². The number of benzene rings is 2. The van der Waals surface area contributed by atoms with Gasteiger partial charge in [-0.15, -0.1) is 0 Å². The van der Waals surface area contributed by atoms with Gasteiger partial charge >= 0.3 is 0 Å². The first kappa shape index (κ1) is 36.4. The van der Waals surface area contributed by atoms with Gasteiger partial charge in [-0.25, -0.2) is 0 Å². The second kappa shape index (κ2) is 20.0. The second-order valence-electron chi connectivity index (χ2n) is 12.5. The molecule has 252 valence electrons. The summed E-state index contributed by atoms with van der Waals surface area (Å²) < 4.78 is 40.2. The summed E-state index contributed by atoms with van der Waals surface area (Å²) in [7, 11) is 0. The highest BCUT2D eigenvalue weighted by atomic mass is 79.9. The van der Waals surface area contributed by atoms with E-state index in [0.717, 1.165) is 99.6 Å². The van der Waals surface area contributed by atoms with E-state index >= 15 is 0 Å². The number of hydrogen-bond acceptors (Lipinski definition) is 6. The molecule has 5 atom stereocenters. The summed E-state index contributed by atoms with van der Waals surface area (Å²) in [6, 6.07) is 13.2. The maximum absolute atomic E-state index is 7.01. The van der Waals surface area contributed by atoms with Crippen LogP contribution in [0.5, 0.6) is 5.75 Å². The number of halogens is 1. The zero-order valence-corrected chi connectivity index (χ0v) is 29.8. The minimum Gasteiger partial charge on any atom is -0.493 e. The van der Waals surface area contributed by atoms with E-state index in [1.807, 2.05) is 0 Å². The first-order chi connectivity index (χ1) is 22.1. The molecule has 45 heavy (non-hydrogen) atoms. The van der Waals surface area contributed by atoms with E-state index in [0.29, 0.717) is 26.4 Å². The molecule has 6 nitrogen and oxygen atoms in total. The van der Waals surface area contributed by atoms with Crippen molar-refractivity contribution >= 4 is 15.9 Å². The highest BCUT2D eigenvalue weighted by Crippen LogP contribution is 2.39. The molecule has 0 bridgehead atoms. The maximum atomic E-state index is 7.01. The molecule has 2 aromatic rings. The molecule has 3 unspecified atom stereocenters. The van der Waals surface area contributed by atoms with E-state index in [9.17, 15) is 0 Å². The third kappa shape index (κ3) is 10.8. The van der Waals surface area contributed by atoms with Crippen LogP contribution in [0.1, 0.15) is 114 Å². The summed E-state index contributed by atoms with van der Waals surface area (Å²) in [5.74, 6) is 1.03. The standard InChI is InChI=1S/C38H57BrO6/c1-5-9-19-40-27-34-36(42-20-10-6-2)38(44-22-12-8-4)37(43-21-11-7-3)35(45-34)30-16-17-32(39)31(26-30)25-28-15-18-33-29(24-28)14-13-23-41-33/h15-18,24,26,34-38H,5-14,19-23,25,27H2,1-4H3/t34-,35?,36?,37?,38+/m1/s1. The van der Waals surface area contributed by atoms with Crippen LogP contribution in [0.15, 0.2) is 40.9 Å². The molecule has 7 heteroatoms. The lowest BCUT2D eigenvalue weighted by Gasteiger charge is -2.46. The molecule has 0 amide bonds. The fraction of sp³-hybridized carbons (Fsp3) is 0.684. The SMILES string of the molecule is CCCCOC[C@H]1OC(c2ccc(Br)c(Cc3ccc4c(c3)CCCO4)c2)C(OCCCC)[C@@H](OCCCC)C1OCCCC. The van der Waals surface area contributed by atoms with Crippen molar-refractivity contribution in [1.82, 2.24) is 0 Å². The second-order valence-corrected chi connectivity index (χ2v) is 13.4. The van der Waals surface area contributed by atoms with Gasteiger partial charge in [0.1, 0.15) is 36.3 Å². The van der Waals surface area contributed by atoms with Gasteiger partial charge in [-0.1, -0.05) is 93.6 Å². The largest absolute Gasteiger partial charge is 0.493 e. The molecule has 2 aliphatic rings. The van der Waals surface area contributed by atoms with E-state index in [1.54, 1.807) is 0 Å². The smallest absolute Gasteiger partial charge is 0.122 e. The van der Waals surface area contributed by atoms with Crippen molar-refractivity contribution in [2.24, 2.45) is 0 Å². The van der Waals surface area contributed by atoms with Crippen molar-refractivity contribution in [2.75, 3.05) is 39.6 Å². The Morgan fingerprint density at radius 3 is 2.13 bits per heavy atom. The Kier molecular flexibility index (Phi) is 16.2. The number of aryl methyl sites for hydroxylation is 1. The highest BCUT2D eigenvalue weighted by Gasteiger charge is 2.48. The fourth-order valence-corrected chi connectivity index (χ4v) is 6.47. The van der Waals surface area contributed by atoms with Gasteiger partial charge in [0.15, 0.2) is 0 Å². The van der Waals surface area contributed by atoms with E-state index in [4.69, 9.17) is 28.4 Å². The van der Waals surface area contributed by atoms with Gasteiger partial charge in [0, 0.05) is 30.9 Å². The minimum atomic E-state index is -0.303. The topological polar surface area (TPSA) is 55.4 Å². The average Bonchev–Trinajstić information content (AvgIpc) is 3.05. The highest BCUT2D eigenvalue weighted by molar-refractivity contribution is 9.10. The fourth-order valence-electron chi connectivity index (χ4n) is 6.08. The number of ether oxygens (including phenoxy) is 6. The first-order valence-electron chi connectivity index (χ1n) is 17.7. The van der Waals surface area contributed by atoms with Gasteiger partial charge in [0.05, 0.1) is 13.2 Å². The Morgan fingerprint density at radius 1 is 0.756 bits per heavy atom. The van der Waals surface area contributed by atoms with E-state index < -0.39 is 0 Å². The van der Waals surface area contributed by atoms with Crippen LogP contribution in [0, 0.1) is 0 Å². The van der Waals surface area contributed by atoms with Crippen molar-refractivity contribution in [3.8, 4) is 5.75 Å². The quantitative estimate of drug-likeness (QED) is 0.129. The molecule has 0 saturated carbocycles. The Morgan fingerprint density at radius 2 is 1.42 bits per heavy atom. The number of unbranched alkanes of at least 4 members (excludes halogenated alkanes) is 4.